The fourth-order valence-electron chi connectivity index (χ4n) is 8.33. The highest BCUT2D eigenvalue weighted by atomic mass is 32.1. The molecule has 0 radical (unpaired) electrons. The molecule has 0 aliphatic heterocycles. The van der Waals surface area contributed by atoms with Crippen molar-refractivity contribution in [3.8, 4) is 22.5 Å². The summed E-state index contributed by atoms with van der Waals surface area (Å²) in [5.41, 5.74) is 9.56. The van der Waals surface area contributed by atoms with E-state index in [1.165, 1.54) is 116 Å². The van der Waals surface area contributed by atoms with Gasteiger partial charge in [0.1, 0.15) is 6.17 Å². The third kappa shape index (κ3) is 6.49. The summed E-state index contributed by atoms with van der Waals surface area (Å²) in [4.78, 5) is 13.1. The van der Waals surface area contributed by atoms with Crippen LogP contribution >= 0.6 is 22.7 Å². The first-order chi connectivity index (χ1) is 25.7. The molecule has 6 aromatic heterocycles. The lowest BCUT2D eigenvalue weighted by Gasteiger charge is -2.26. The van der Waals surface area contributed by atoms with Gasteiger partial charge in [-0.05, 0) is 62.1 Å². The molecule has 2 aromatic carbocycles. The maximum absolute atomic E-state index is 5.16. The first kappa shape index (κ1) is 34.8. The van der Waals surface area contributed by atoms with Gasteiger partial charge >= 0.3 is 0 Å². The lowest BCUT2D eigenvalue weighted by atomic mass is 10.1. The zero-order valence-electron chi connectivity index (χ0n) is 30.9. The van der Waals surface area contributed by atoms with Crippen LogP contribution in [-0.4, -0.2) is 19.1 Å². The van der Waals surface area contributed by atoms with E-state index in [0.29, 0.717) is 0 Å². The van der Waals surface area contributed by atoms with E-state index in [2.05, 4.69) is 113 Å². The molecule has 0 spiro atoms. The highest BCUT2D eigenvalue weighted by Gasteiger charge is 2.28. The number of benzene rings is 2. The monoisotopic (exact) mass is 722 g/mol. The van der Waals surface area contributed by atoms with Crippen LogP contribution in [0.4, 0.5) is 0 Å². The maximum atomic E-state index is 5.16. The molecule has 0 amide bonds. The van der Waals surface area contributed by atoms with E-state index in [1.807, 2.05) is 35.1 Å². The Labute approximate surface area is 316 Å². The SMILES string of the molecule is CCCCCCCCCCCC(n1c2ccccc2c2ccnc(-c3csc(CC)c3)c21)n1c2ccccc2c2ccnc(-c3csc(CC)c3)c21. The highest BCUT2D eigenvalue weighted by molar-refractivity contribution is 7.10. The van der Waals surface area contributed by atoms with Gasteiger partial charge in [0, 0.05) is 65.6 Å². The second-order valence-corrected chi connectivity index (χ2v) is 16.3. The molecule has 6 heteroatoms. The third-order valence-corrected chi connectivity index (χ3v) is 13.1. The summed E-state index contributed by atoms with van der Waals surface area (Å²) < 4.78 is 5.32. The fourth-order valence-corrected chi connectivity index (χ4v) is 9.97. The van der Waals surface area contributed by atoms with Gasteiger partial charge in [-0.15, -0.1) is 22.7 Å². The Hall–Kier alpha value is -4.26. The first-order valence-electron chi connectivity index (χ1n) is 19.6. The summed E-state index contributed by atoms with van der Waals surface area (Å²) in [7, 11) is 0. The number of aromatic nitrogens is 4. The van der Waals surface area contributed by atoms with Gasteiger partial charge < -0.3 is 9.13 Å². The molecule has 4 nitrogen and oxygen atoms in total. The Morgan fingerprint density at radius 3 is 1.46 bits per heavy atom. The second kappa shape index (κ2) is 15.8. The minimum absolute atomic E-state index is 0.0221. The van der Waals surface area contributed by atoms with Crippen LogP contribution in [-0.2, 0) is 12.8 Å². The van der Waals surface area contributed by atoms with Crippen LogP contribution in [0.1, 0.15) is 101 Å². The molecule has 0 saturated heterocycles. The van der Waals surface area contributed by atoms with E-state index < -0.39 is 0 Å². The molecule has 52 heavy (non-hydrogen) atoms. The van der Waals surface area contributed by atoms with Crippen molar-refractivity contribution in [1.29, 1.82) is 0 Å². The van der Waals surface area contributed by atoms with Crippen molar-refractivity contribution in [2.75, 3.05) is 0 Å². The Bertz CT molecular complexity index is 2280. The van der Waals surface area contributed by atoms with Crippen molar-refractivity contribution in [3.63, 3.8) is 0 Å². The van der Waals surface area contributed by atoms with Gasteiger partial charge in [-0.2, -0.15) is 0 Å². The molecule has 0 saturated carbocycles. The summed E-state index contributed by atoms with van der Waals surface area (Å²) in [5.74, 6) is 0. The minimum Gasteiger partial charge on any atom is -0.317 e. The average Bonchev–Trinajstić information content (AvgIpc) is 4.00. The second-order valence-electron chi connectivity index (χ2n) is 14.3. The molecule has 266 valence electrons. The number of nitrogens with zero attached hydrogens (tertiary/aromatic N) is 4. The van der Waals surface area contributed by atoms with Crippen LogP contribution in [0, 0.1) is 0 Å². The Morgan fingerprint density at radius 1 is 0.538 bits per heavy atom. The molecule has 0 fully saturated rings. The lowest BCUT2D eigenvalue weighted by Crippen LogP contribution is -2.19. The number of rotatable bonds is 16. The van der Waals surface area contributed by atoms with Crippen LogP contribution in [0.5, 0.6) is 0 Å². The molecule has 0 aliphatic rings. The first-order valence-corrected chi connectivity index (χ1v) is 21.4. The molecule has 8 rings (SSSR count). The molecule has 0 unspecified atom stereocenters. The standard InChI is InChI=1S/C46H50N4S2/c1-4-7-8-9-10-11-12-13-14-23-42(49-40-21-17-15-19-36(40)38-24-26-47-43(45(38)49)32-28-34(5-2)51-30-32)50-41-22-18-16-20-37(41)39-25-27-48-44(46(39)50)33-29-35(6-3)52-31-33/h15-22,24-31,42H,4-14,23H2,1-3H3. The molecule has 0 atom stereocenters. The largest absolute Gasteiger partial charge is 0.317 e. The smallest absolute Gasteiger partial charge is 0.111 e. The van der Waals surface area contributed by atoms with Crippen molar-refractivity contribution in [2.24, 2.45) is 0 Å². The van der Waals surface area contributed by atoms with Gasteiger partial charge in [-0.3, -0.25) is 9.97 Å². The van der Waals surface area contributed by atoms with Gasteiger partial charge in [0.25, 0.3) is 0 Å². The average molecular weight is 723 g/mol. The van der Waals surface area contributed by atoms with Crippen LogP contribution < -0.4 is 0 Å². The van der Waals surface area contributed by atoms with E-state index in [-0.39, 0.29) is 6.17 Å². The summed E-state index contributed by atoms with van der Waals surface area (Å²) in [6.07, 6.45) is 18.9. The summed E-state index contributed by atoms with van der Waals surface area (Å²) >= 11 is 3.69. The van der Waals surface area contributed by atoms with E-state index in [9.17, 15) is 0 Å². The van der Waals surface area contributed by atoms with Crippen molar-refractivity contribution in [3.05, 3.63) is 106 Å². The number of thiophene rings is 2. The van der Waals surface area contributed by atoms with E-state index >= 15 is 0 Å². The minimum atomic E-state index is 0.0221. The molecule has 8 aromatic rings. The van der Waals surface area contributed by atoms with Crippen LogP contribution in [0.2, 0.25) is 0 Å². The maximum Gasteiger partial charge on any atom is 0.111 e. The number of fused-ring (bicyclic) bond motifs is 6. The molecular weight excluding hydrogens is 673 g/mol. The number of pyridine rings is 2. The van der Waals surface area contributed by atoms with Crippen LogP contribution in [0.15, 0.2) is 96.0 Å². The van der Waals surface area contributed by atoms with E-state index in [1.54, 1.807) is 0 Å². The Morgan fingerprint density at radius 2 is 1.00 bits per heavy atom. The molecular formula is C46H50N4S2. The van der Waals surface area contributed by atoms with Gasteiger partial charge in [-0.25, -0.2) is 0 Å². The Balaban J connectivity index is 1.35. The number of hydrogen-bond donors (Lipinski definition) is 0. The summed E-state index contributed by atoms with van der Waals surface area (Å²) in [6, 6.07) is 27.2. The number of unbranched alkanes of at least 4 members (excludes halogenated alkanes) is 8. The van der Waals surface area contributed by atoms with Gasteiger partial charge in [-0.1, -0.05) is 109 Å². The van der Waals surface area contributed by atoms with E-state index in [0.717, 1.165) is 37.1 Å². The number of aryl methyl sites for hydroxylation is 2. The van der Waals surface area contributed by atoms with Crippen LogP contribution in [0.3, 0.4) is 0 Å². The van der Waals surface area contributed by atoms with Crippen molar-refractivity contribution >= 4 is 66.3 Å². The molecule has 0 N–H and O–H groups in total. The van der Waals surface area contributed by atoms with Crippen molar-refractivity contribution < 1.29 is 0 Å². The van der Waals surface area contributed by atoms with Gasteiger partial charge in [0.05, 0.1) is 33.5 Å². The van der Waals surface area contributed by atoms with Crippen molar-refractivity contribution in [2.45, 2.75) is 104 Å². The summed E-state index contributed by atoms with van der Waals surface area (Å²) in [6.45, 7) is 6.79. The van der Waals surface area contributed by atoms with E-state index in [4.69, 9.17) is 9.97 Å². The zero-order chi connectivity index (χ0) is 35.4. The quantitative estimate of drug-likeness (QED) is 0.0931. The van der Waals surface area contributed by atoms with Gasteiger partial charge in [0.15, 0.2) is 0 Å². The fraction of sp³-hybridized carbons (Fsp3) is 0.348. The molecule has 0 bridgehead atoms. The molecule has 6 heterocycles. The topological polar surface area (TPSA) is 35.6 Å². The highest BCUT2D eigenvalue weighted by Crippen LogP contribution is 2.44. The van der Waals surface area contributed by atoms with Crippen molar-refractivity contribution in [1.82, 2.24) is 19.1 Å². The van der Waals surface area contributed by atoms with Gasteiger partial charge in [0.2, 0.25) is 0 Å². The number of hydrogen-bond acceptors (Lipinski definition) is 4. The predicted octanol–water partition coefficient (Wildman–Crippen LogP) is 14.2. The summed E-state index contributed by atoms with van der Waals surface area (Å²) in [5, 5.41) is 9.73. The van der Waals surface area contributed by atoms with Crippen LogP contribution in [0.25, 0.3) is 66.1 Å². The Kier molecular flexibility index (Phi) is 10.6. The lowest BCUT2D eigenvalue weighted by molar-refractivity contribution is 0.418. The third-order valence-electron chi connectivity index (χ3n) is 11.0. The normalized spacial score (nSPS) is 12.1. The zero-order valence-corrected chi connectivity index (χ0v) is 32.5. The molecule has 0 aliphatic carbocycles. The number of para-hydroxylation sites is 2. The predicted molar refractivity (Wildman–Crippen MR) is 226 cm³/mol.